The summed E-state index contributed by atoms with van der Waals surface area (Å²) in [6, 6.07) is 17.8. The standard InChI is InChI=1S/C20H22O4/c1-19(2,14-18(21)22)15-8-10-17(11-9-15)20(23-12-13-24-20)16-6-4-3-5-7-16/h3-11H,12-14H2,1-2H3,(H,21,22). The molecule has 1 aliphatic rings. The summed E-state index contributed by atoms with van der Waals surface area (Å²) in [7, 11) is 0. The normalized spacial score (nSPS) is 16.9. The zero-order chi connectivity index (χ0) is 17.2. The fraction of sp³-hybridized carbons (Fsp3) is 0.350. The third-order valence-corrected chi connectivity index (χ3v) is 4.49. The summed E-state index contributed by atoms with van der Waals surface area (Å²) >= 11 is 0. The van der Waals surface area contributed by atoms with Crippen LogP contribution in [0.5, 0.6) is 0 Å². The Morgan fingerprint density at radius 1 is 1.00 bits per heavy atom. The number of carbonyl (C=O) groups is 1. The molecule has 0 saturated carbocycles. The van der Waals surface area contributed by atoms with Crippen LogP contribution in [-0.2, 0) is 25.5 Å². The average molecular weight is 326 g/mol. The van der Waals surface area contributed by atoms with Crippen LogP contribution >= 0.6 is 0 Å². The van der Waals surface area contributed by atoms with Crippen LogP contribution in [0, 0.1) is 0 Å². The predicted octanol–water partition coefficient (Wildman–Crippen LogP) is 3.69. The van der Waals surface area contributed by atoms with Crippen molar-refractivity contribution in [1.82, 2.24) is 0 Å². The second kappa shape index (κ2) is 6.38. The first-order chi connectivity index (χ1) is 11.4. The van der Waals surface area contributed by atoms with E-state index < -0.39 is 17.2 Å². The first-order valence-electron chi connectivity index (χ1n) is 8.10. The number of ether oxygens (including phenoxy) is 2. The van der Waals surface area contributed by atoms with Crippen molar-refractivity contribution < 1.29 is 19.4 Å². The van der Waals surface area contributed by atoms with E-state index in [2.05, 4.69) is 0 Å². The van der Waals surface area contributed by atoms with Crippen LogP contribution in [0.3, 0.4) is 0 Å². The van der Waals surface area contributed by atoms with Crippen LogP contribution in [0.1, 0.15) is 37.0 Å². The Bertz CT molecular complexity index is 698. The van der Waals surface area contributed by atoms with Gasteiger partial charge in [0, 0.05) is 16.5 Å². The molecule has 0 spiro atoms. The number of hydrogen-bond donors (Lipinski definition) is 1. The molecule has 0 atom stereocenters. The van der Waals surface area contributed by atoms with Crippen molar-refractivity contribution in [2.45, 2.75) is 31.5 Å². The molecule has 0 bridgehead atoms. The molecule has 1 aliphatic heterocycles. The molecule has 1 saturated heterocycles. The second-order valence-corrected chi connectivity index (χ2v) is 6.71. The van der Waals surface area contributed by atoms with E-state index >= 15 is 0 Å². The molecule has 2 aromatic rings. The summed E-state index contributed by atoms with van der Waals surface area (Å²) in [6.07, 6.45) is 0.0865. The van der Waals surface area contributed by atoms with Crippen LogP contribution < -0.4 is 0 Å². The van der Waals surface area contributed by atoms with E-state index in [9.17, 15) is 4.79 Å². The van der Waals surface area contributed by atoms with E-state index in [1.165, 1.54) is 0 Å². The van der Waals surface area contributed by atoms with E-state index in [0.717, 1.165) is 16.7 Å². The first kappa shape index (κ1) is 16.7. The van der Waals surface area contributed by atoms with Gasteiger partial charge in [-0.05, 0) is 5.56 Å². The maximum Gasteiger partial charge on any atom is 0.304 e. The van der Waals surface area contributed by atoms with Gasteiger partial charge < -0.3 is 14.6 Å². The molecule has 0 unspecified atom stereocenters. The molecule has 0 amide bonds. The summed E-state index contributed by atoms with van der Waals surface area (Å²) in [5.74, 6) is -1.68. The molecule has 4 nitrogen and oxygen atoms in total. The quantitative estimate of drug-likeness (QED) is 0.910. The molecule has 1 fully saturated rings. The van der Waals surface area contributed by atoms with Crippen LogP contribution in [0.2, 0.25) is 0 Å². The van der Waals surface area contributed by atoms with Gasteiger partial charge in [0.05, 0.1) is 19.6 Å². The van der Waals surface area contributed by atoms with Crippen molar-refractivity contribution in [1.29, 1.82) is 0 Å². The molecule has 0 radical (unpaired) electrons. The van der Waals surface area contributed by atoms with Crippen molar-refractivity contribution in [3.05, 3.63) is 71.3 Å². The van der Waals surface area contributed by atoms with Gasteiger partial charge in [-0.15, -0.1) is 0 Å². The lowest BCUT2D eigenvalue weighted by atomic mass is 9.81. The Balaban J connectivity index is 1.95. The molecular formula is C20H22O4. The zero-order valence-electron chi connectivity index (χ0n) is 14.0. The molecule has 1 heterocycles. The molecule has 0 aromatic heterocycles. The maximum absolute atomic E-state index is 11.1. The summed E-state index contributed by atoms with van der Waals surface area (Å²) in [5, 5.41) is 9.09. The largest absolute Gasteiger partial charge is 0.481 e. The van der Waals surface area contributed by atoms with Gasteiger partial charge in [-0.1, -0.05) is 68.4 Å². The predicted molar refractivity (Wildman–Crippen MR) is 90.8 cm³/mol. The van der Waals surface area contributed by atoms with Crippen molar-refractivity contribution in [2.24, 2.45) is 0 Å². The minimum absolute atomic E-state index is 0.0865. The molecule has 2 aromatic carbocycles. The lowest BCUT2D eigenvalue weighted by molar-refractivity contribution is -0.138. The maximum atomic E-state index is 11.1. The van der Waals surface area contributed by atoms with Gasteiger partial charge in [-0.3, -0.25) is 4.79 Å². The average Bonchev–Trinajstić information content (AvgIpc) is 3.06. The number of carboxylic acids is 1. The Labute approximate surface area is 142 Å². The molecule has 126 valence electrons. The lowest BCUT2D eigenvalue weighted by Gasteiger charge is -2.29. The topological polar surface area (TPSA) is 55.8 Å². The van der Waals surface area contributed by atoms with Crippen molar-refractivity contribution in [3.8, 4) is 0 Å². The number of hydrogen-bond acceptors (Lipinski definition) is 3. The Morgan fingerprint density at radius 3 is 2.08 bits per heavy atom. The number of rotatable bonds is 5. The number of carboxylic acid groups (broad SMARTS) is 1. The van der Waals surface area contributed by atoms with E-state index in [0.29, 0.717) is 13.2 Å². The summed E-state index contributed by atoms with van der Waals surface area (Å²) < 4.78 is 12.0. The minimum atomic E-state index is -0.878. The highest BCUT2D eigenvalue weighted by atomic mass is 16.7. The van der Waals surface area contributed by atoms with E-state index in [1.807, 2.05) is 68.4 Å². The molecule has 0 aliphatic carbocycles. The van der Waals surface area contributed by atoms with E-state index in [1.54, 1.807) is 0 Å². The number of aliphatic carboxylic acids is 1. The van der Waals surface area contributed by atoms with Gasteiger partial charge >= 0.3 is 5.97 Å². The molecule has 1 N–H and O–H groups in total. The Hall–Kier alpha value is -2.17. The number of benzene rings is 2. The van der Waals surface area contributed by atoms with Gasteiger partial charge in [0.25, 0.3) is 0 Å². The second-order valence-electron chi connectivity index (χ2n) is 6.71. The van der Waals surface area contributed by atoms with Crippen molar-refractivity contribution in [2.75, 3.05) is 13.2 Å². The third kappa shape index (κ3) is 3.07. The van der Waals surface area contributed by atoms with Gasteiger partial charge in [-0.2, -0.15) is 0 Å². The van der Waals surface area contributed by atoms with Crippen molar-refractivity contribution in [3.63, 3.8) is 0 Å². The van der Waals surface area contributed by atoms with Crippen molar-refractivity contribution >= 4 is 5.97 Å². The van der Waals surface area contributed by atoms with Crippen LogP contribution in [0.4, 0.5) is 0 Å². The Kier molecular flexibility index (Phi) is 4.43. The van der Waals surface area contributed by atoms with Crippen LogP contribution in [0.15, 0.2) is 54.6 Å². The highest BCUT2D eigenvalue weighted by molar-refractivity contribution is 5.68. The van der Waals surface area contributed by atoms with E-state index in [4.69, 9.17) is 14.6 Å². The van der Waals surface area contributed by atoms with Gasteiger partial charge in [0.1, 0.15) is 0 Å². The van der Waals surface area contributed by atoms with Gasteiger partial charge in [-0.25, -0.2) is 0 Å². The highest BCUT2D eigenvalue weighted by Crippen LogP contribution is 2.39. The fourth-order valence-electron chi connectivity index (χ4n) is 3.19. The Morgan fingerprint density at radius 2 is 1.54 bits per heavy atom. The SMILES string of the molecule is CC(C)(CC(=O)O)c1ccc(C2(c3ccccc3)OCCO2)cc1. The summed E-state index contributed by atoms with van der Waals surface area (Å²) in [5.41, 5.74) is 2.43. The first-order valence-corrected chi connectivity index (χ1v) is 8.10. The summed E-state index contributed by atoms with van der Waals surface area (Å²) in [4.78, 5) is 11.1. The molecule has 4 heteroatoms. The zero-order valence-corrected chi connectivity index (χ0v) is 14.0. The monoisotopic (exact) mass is 326 g/mol. The van der Waals surface area contributed by atoms with Gasteiger partial charge in [0.2, 0.25) is 5.79 Å². The lowest BCUT2D eigenvalue weighted by Crippen LogP contribution is -2.29. The van der Waals surface area contributed by atoms with Crippen LogP contribution in [0.25, 0.3) is 0 Å². The van der Waals surface area contributed by atoms with E-state index in [-0.39, 0.29) is 6.42 Å². The van der Waals surface area contributed by atoms with Crippen LogP contribution in [-0.4, -0.2) is 24.3 Å². The molecule has 24 heavy (non-hydrogen) atoms. The smallest absolute Gasteiger partial charge is 0.304 e. The van der Waals surface area contributed by atoms with Gasteiger partial charge in [0.15, 0.2) is 0 Å². The fourth-order valence-corrected chi connectivity index (χ4v) is 3.19. The minimum Gasteiger partial charge on any atom is -0.481 e. The third-order valence-electron chi connectivity index (χ3n) is 4.49. The highest BCUT2D eigenvalue weighted by Gasteiger charge is 2.40. The molecular weight excluding hydrogens is 304 g/mol. The molecule has 3 rings (SSSR count). The summed E-state index contributed by atoms with van der Waals surface area (Å²) in [6.45, 7) is 4.96.